The summed E-state index contributed by atoms with van der Waals surface area (Å²) in [7, 11) is 0. The van der Waals surface area contributed by atoms with Crippen LogP contribution in [0.25, 0.3) is 5.69 Å². The minimum absolute atomic E-state index is 0.421. The molecular formula is C14H17N5. The van der Waals surface area contributed by atoms with Crippen molar-refractivity contribution in [2.75, 3.05) is 6.54 Å². The van der Waals surface area contributed by atoms with Gasteiger partial charge in [0.2, 0.25) is 0 Å². The van der Waals surface area contributed by atoms with Gasteiger partial charge in [-0.1, -0.05) is 18.2 Å². The van der Waals surface area contributed by atoms with E-state index in [1.54, 1.807) is 12.3 Å². The summed E-state index contributed by atoms with van der Waals surface area (Å²) in [6, 6.07) is 9.92. The number of hydrogen-bond donors (Lipinski definition) is 2. The third-order valence-corrected chi connectivity index (χ3v) is 2.54. The van der Waals surface area contributed by atoms with Gasteiger partial charge in [0, 0.05) is 18.9 Å². The summed E-state index contributed by atoms with van der Waals surface area (Å²) in [6.07, 6.45) is 5.39. The minimum Gasteiger partial charge on any atom is -0.370 e. The van der Waals surface area contributed by atoms with Gasteiger partial charge >= 0.3 is 0 Å². The largest absolute Gasteiger partial charge is 0.370 e. The zero-order valence-corrected chi connectivity index (χ0v) is 10.7. The molecule has 0 radical (unpaired) electrons. The molecule has 0 saturated heterocycles. The van der Waals surface area contributed by atoms with Gasteiger partial charge in [-0.2, -0.15) is 5.10 Å². The number of nitrogens with two attached hydrogens (primary N) is 1. The molecule has 1 aromatic heterocycles. The number of aliphatic imine (C=N–C) groups is 1. The van der Waals surface area contributed by atoms with Crippen LogP contribution >= 0.6 is 0 Å². The van der Waals surface area contributed by atoms with Gasteiger partial charge in [0.05, 0.1) is 12.2 Å². The number of hydrogen-bond acceptors (Lipinski definition) is 2. The molecule has 5 heteroatoms. The second-order valence-corrected chi connectivity index (χ2v) is 3.99. The molecule has 0 atom stereocenters. The van der Waals surface area contributed by atoms with E-state index < -0.39 is 0 Å². The molecule has 1 heterocycles. The molecule has 19 heavy (non-hydrogen) atoms. The Hall–Kier alpha value is -2.56. The summed E-state index contributed by atoms with van der Waals surface area (Å²) in [5.41, 5.74) is 7.80. The highest BCUT2D eigenvalue weighted by Gasteiger charge is 1.98. The standard InChI is InChI=1S/C14H17N5/c1-2-7-16-14(15)17-11-12-5-3-6-13(10-12)19-9-4-8-18-19/h2-6,8-10H,1,7,11H2,(H3,15,16,17). The Morgan fingerprint density at radius 1 is 1.47 bits per heavy atom. The Morgan fingerprint density at radius 3 is 3.11 bits per heavy atom. The molecule has 3 N–H and O–H groups in total. The van der Waals surface area contributed by atoms with Gasteiger partial charge in [-0.05, 0) is 23.8 Å². The summed E-state index contributed by atoms with van der Waals surface area (Å²) < 4.78 is 1.81. The summed E-state index contributed by atoms with van der Waals surface area (Å²) in [5, 5.41) is 7.13. The fourth-order valence-corrected chi connectivity index (χ4v) is 1.63. The smallest absolute Gasteiger partial charge is 0.189 e. The SMILES string of the molecule is C=CCNC(N)=NCc1cccc(-n2cccn2)c1. The molecule has 0 bridgehead atoms. The van der Waals surface area contributed by atoms with E-state index in [1.807, 2.05) is 41.2 Å². The predicted molar refractivity (Wildman–Crippen MR) is 77.1 cm³/mol. The van der Waals surface area contributed by atoms with E-state index >= 15 is 0 Å². The summed E-state index contributed by atoms with van der Waals surface area (Å²) >= 11 is 0. The lowest BCUT2D eigenvalue weighted by atomic mass is 10.2. The topological polar surface area (TPSA) is 68.2 Å². The van der Waals surface area contributed by atoms with Crippen molar-refractivity contribution in [3.05, 3.63) is 60.9 Å². The molecule has 0 aliphatic carbocycles. The molecule has 0 spiro atoms. The van der Waals surface area contributed by atoms with Crippen molar-refractivity contribution < 1.29 is 0 Å². The van der Waals surface area contributed by atoms with Crippen molar-refractivity contribution in [1.29, 1.82) is 0 Å². The number of guanidine groups is 1. The van der Waals surface area contributed by atoms with Crippen molar-refractivity contribution in [2.45, 2.75) is 6.54 Å². The highest BCUT2D eigenvalue weighted by atomic mass is 15.3. The number of nitrogens with zero attached hydrogens (tertiary/aromatic N) is 3. The number of nitrogens with one attached hydrogen (secondary N) is 1. The molecular weight excluding hydrogens is 238 g/mol. The number of rotatable bonds is 5. The Labute approximate surface area is 112 Å². The Bertz CT molecular complexity index is 557. The van der Waals surface area contributed by atoms with Crippen LogP contribution in [0.4, 0.5) is 0 Å². The second kappa shape index (κ2) is 6.39. The van der Waals surface area contributed by atoms with Crippen LogP contribution in [-0.4, -0.2) is 22.3 Å². The first-order chi connectivity index (χ1) is 9.29. The Balaban J connectivity index is 2.05. The van der Waals surface area contributed by atoms with Crippen LogP contribution in [-0.2, 0) is 6.54 Å². The van der Waals surface area contributed by atoms with Crippen LogP contribution in [0.15, 0.2) is 60.4 Å². The second-order valence-electron chi connectivity index (χ2n) is 3.99. The summed E-state index contributed by atoms with van der Waals surface area (Å²) in [6.45, 7) is 4.75. The van der Waals surface area contributed by atoms with E-state index in [4.69, 9.17) is 5.73 Å². The molecule has 0 amide bonds. The van der Waals surface area contributed by atoms with Crippen LogP contribution < -0.4 is 11.1 Å². The van der Waals surface area contributed by atoms with E-state index in [9.17, 15) is 0 Å². The number of benzene rings is 1. The molecule has 98 valence electrons. The average molecular weight is 255 g/mol. The fourth-order valence-electron chi connectivity index (χ4n) is 1.63. The molecule has 0 unspecified atom stereocenters. The third-order valence-electron chi connectivity index (χ3n) is 2.54. The maximum absolute atomic E-state index is 5.71. The third kappa shape index (κ3) is 3.70. The lowest BCUT2D eigenvalue weighted by molar-refractivity contribution is 0.875. The van der Waals surface area contributed by atoms with Gasteiger partial charge < -0.3 is 11.1 Å². The van der Waals surface area contributed by atoms with Crippen molar-refractivity contribution in [3.8, 4) is 5.69 Å². The van der Waals surface area contributed by atoms with Gasteiger partial charge in [0.25, 0.3) is 0 Å². The highest BCUT2D eigenvalue weighted by Crippen LogP contribution is 2.10. The van der Waals surface area contributed by atoms with Crippen molar-refractivity contribution >= 4 is 5.96 Å². The highest BCUT2D eigenvalue weighted by molar-refractivity contribution is 5.77. The lowest BCUT2D eigenvalue weighted by Crippen LogP contribution is -2.31. The maximum atomic E-state index is 5.71. The zero-order valence-electron chi connectivity index (χ0n) is 10.7. The molecule has 5 nitrogen and oxygen atoms in total. The first-order valence-electron chi connectivity index (χ1n) is 6.03. The van der Waals surface area contributed by atoms with Crippen LogP contribution in [0.5, 0.6) is 0 Å². The van der Waals surface area contributed by atoms with Crippen molar-refractivity contribution in [3.63, 3.8) is 0 Å². The van der Waals surface area contributed by atoms with E-state index in [2.05, 4.69) is 22.0 Å². The van der Waals surface area contributed by atoms with Crippen LogP contribution in [0.3, 0.4) is 0 Å². The van der Waals surface area contributed by atoms with E-state index in [-0.39, 0.29) is 0 Å². The van der Waals surface area contributed by atoms with E-state index in [0.717, 1.165) is 11.3 Å². The molecule has 2 rings (SSSR count). The number of aromatic nitrogens is 2. The van der Waals surface area contributed by atoms with E-state index in [1.165, 1.54) is 0 Å². The van der Waals surface area contributed by atoms with Gasteiger partial charge in [-0.25, -0.2) is 9.67 Å². The van der Waals surface area contributed by atoms with Crippen LogP contribution in [0.1, 0.15) is 5.56 Å². The molecule has 0 aliphatic rings. The minimum atomic E-state index is 0.421. The quantitative estimate of drug-likeness (QED) is 0.483. The summed E-state index contributed by atoms with van der Waals surface area (Å²) in [5.74, 6) is 0.421. The van der Waals surface area contributed by atoms with Gasteiger partial charge in [0.15, 0.2) is 5.96 Å². The maximum Gasteiger partial charge on any atom is 0.189 e. The molecule has 2 aromatic rings. The average Bonchev–Trinajstić information content (AvgIpc) is 2.97. The Morgan fingerprint density at radius 2 is 2.37 bits per heavy atom. The zero-order chi connectivity index (χ0) is 13.5. The lowest BCUT2D eigenvalue weighted by Gasteiger charge is -2.05. The van der Waals surface area contributed by atoms with Crippen molar-refractivity contribution in [1.82, 2.24) is 15.1 Å². The van der Waals surface area contributed by atoms with Gasteiger partial charge in [0.1, 0.15) is 0 Å². The van der Waals surface area contributed by atoms with Crippen LogP contribution in [0.2, 0.25) is 0 Å². The first kappa shape index (κ1) is 12.9. The molecule has 1 aromatic carbocycles. The summed E-state index contributed by atoms with van der Waals surface area (Å²) in [4.78, 5) is 4.26. The predicted octanol–water partition coefficient (Wildman–Crippen LogP) is 1.46. The van der Waals surface area contributed by atoms with Crippen molar-refractivity contribution in [2.24, 2.45) is 10.7 Å². The van der Waals surface area contributed by atoms with Gasteiger partial charge in [-0.3, -0.25) is 0 Å². The monoisotopic (exact) mass is 255 g/mol. The fraction of sp³-hybridized carbons (Fsp3) is 0.143. The molecule has 0 saturated carbocycles. The first-order valence-corrected chi connectivity index (χ1v) is 6.03. The normalized spacial score (nSPS) is 11.3. The Kier molecular flexibility index (Phi) is 4.34. The van der Waals surface area contributed by atoms with Gasteiger partial charge in [-0.15, -0.1) is 6.58 Å². The molecule has 0 aliphatic heterocycles. The van der Waals surface area contributed by atoms with Crippen LogP contribution in [0, 0.1) is 0 Å². The van der Waals surface area contributed by atoms with E-state index in [0.29, 0.717) is 19.0 Å². The molecule has 0 fully saturated rings.